The van der Waals surface area contributed by atoms with Crippen LogP contribution >= 0.6 is 0 Å². The molecule has 0 saturated carbocycles. The van der Waals surface area contributed by atoms with Crippen LogP contribution in [0.25, 0.3) is 0 Å². The van der Waals surface area contributed by atoms with E-state index in [1.165, 1.54) is 11.6 Å². The number of aliphatic hydroxyl groups excluding tert-OH is 1. The molecule has 1 unspecified atom stereocenters. The summed E-state index contributed by atoms with van der Waals surface area (Å²) in [6.07, 6.45) is 2.94. The molecule has 1 aliphatic rings. The van der Waals surface area contributed by atoms with Gasteiger partial charge >= 0.3 is 0 Å². The summed E-state index contributed by atoms with van der Waals surface area (Å²) in [6, 6.07) is 10.6. The maximum absolute atomic E-state index is 13.7. The number of hydrogen-bond acceptors (Lipinski definition) is 3. The summed E-state index contributed by atoms with van der Waals surface area (Å²) >= 11 is 0. The lowest BCUT2D eigenvalue weighted by atomic mass is 9.87. The molecule has 3 rings (SSSR count). The van der Waals surface area contributed by atoms with Crippen LogP contribution in [0.2, 0.25) is 0 Å². The Bertz CT molecular complexity index is 776. The van der Waals surface area contributed by atoms with E-state index in [9.17, 15) is 9.18 Å². The molecule has 2 aromatic carbocycles. The van der Waals surface area contributed by atoms with Gasteiger partial charge in [-0.1, -0.05) is 12.1 Å². The standard InChI is InChI=1S/C20H23FN2O2/c1-13-16(20(25)22-10-11-24)5-3-6-18(13)23-19-7-2-4-14-8-9-15(21)12-17(14)19/h3,5-6,8-9,12,19,23-24H,2,4,7,10-11H2,1H3,(H,22,25). The van der Waals surface area contributed by atoms with E-state index in [1.807, 2.05) is 25.1 Å². The number of anilines is 1. The van der Waals surface area contributed by atoms with Crippen LogP contribution in [0.1, 0.15) is 45.9 Å². The third-order valence-electron chi connectivity index (χ3n) is 4.73. The largest absolute Gasteiger partial charge is 0.395 e. The number of hydrogen-bond donors (Lipinski definition) is 3. The number of halogens is 1. The van der Waals surface area contributed by atoms with Gasteiger partial charge in [-0.15, -0.1) is 0 Å². The Balaban J connectivity index is 1.85. The van der Waals surface area contributed by atoms with Crippen LogP contribution < -0.4 is 10.6 Å². The second kappa shape index (κ2) is 7.66. The average molecular weight is 342 g/mol. The van der Waals surface area contributed by atoms with Gasteiger partial charge in [0.15, 0.2) is 0 Å². The van der Waals surface area contributed by atoms with Gasteiger partial charge in [0.1, 0.15) is 5.82 Å². The summed E-state index contributed by atoms with van der Waals surface area (Å²) in [7, 11) is 0. The first-order chi connectivity index (χ1) is 12.1. The first-order valence-electron chi connectivity index (χ1n) is 8.63. The molecule has 1 atom stereocenters. The predicted octanol–water partition coefficient (Wildman–Crippen LogP) is 3.35. The van der Waals surface area contributed by atoms with Crippen molar-refractivity contribution in [3.63, 3.8) is 0 Å². The van der Waals surface area contributed by atoms with Crippen molar-refractivity contribution in [1.82, 2.24) is 5.32 Å². The molecule has 0 fully saturated rings. The first-order valence-corrected chi connectivity index (χ1v) is 8.63. The van der Waals surface area contributed by atoms with Gasteiger partial charge in [0.2, 0.25) is 0 Å². The number of benzene rings is 2. The fourth-order valence-corrected chi connectivity index (χ4v) is 3.41. The molecule has 0 radical (unpaired) electrons. The molecule has 5 heteroatoms. The molecule has 2 aromatic rings. The summed E-state index contributed by atoms with van der Waals surface area (Å²) in [6.45, 7) is 2.03. The minimum absolute atomic E-state index is 0.0360. The minimum Gasteiger partial charge on any atom is -0.395 e. The Kier molecular flexibility index (Phi) is 5.34. The van der Waals surface area contributed by atoms with Crippen LogP contribution in [0.5, 0.6) is 0 Å². The molecule has 0 saturated heterocycles. The number of rotatable bonds is 5. The van der Waals surface area contributed by atoms with Crippen molar-refractivity contribution in [2.24, 2.45) is 0 Å². The number of carbonyl (C=O) groups is 1. The van der Waals surface area contributed by atoms with E-state index in [1.54, 1.807) is 12.1 Å². The lowest BCUT2D eigenvalue weighted by Crippen LogP contribution is -2.27. The van der Waals surface area contributed by atoms with Gasteiger partial charge in [0.25, 0.3) is 5.91 Å². The Labute approximate surface area is 147 Å². The van der Waals surface area contributed by atoms with Crippen molar-refractivity contribution in [3.8, 4) is 0 Å². The van der Waals surface area contributed by atoms with Crippen molar-refractivity contribution in [3.05, 3.63) is 64.5 Å². The topological polar surface area (TPSA) is 61.4 Å². The smallest absolute Gasteiger partial charge is 0.251 e. The molecule has 132 valence electrons. The molecule has 3 N–H and O–H groups in total. The van der Waals surface area contributed by atoms with Crippen molar-refractivity contribution < 1.29 is 14.3 Å². The zero-order valence-electron chi connectivity index (χ0n) is 14.3. The second-order valence-corrected chi connectivity index (χ2v) is 6.39. The predicted molar refractivity (Wildman–Crippen MR) is 96.3 cm³/mol. The highest BCUT2D eigenvalue weighted by Gasteiger charge is 2.22. The molecule has 0 aliphatic heterocycles. The Morgan fingerprint density at radius 2 is 2.16 bits per heavy atom. The van der Waals surface area contributed by atoms with E-state index in [2.05, 4.69) is 10.6 Å². The van der Waals surface area contributed by atoms with Crippen LogP contribution in [0, 0.1) is 12.7 Å². The van der Waals surface area contributed by atoms with Crippen molar-refractivity contribution in [2.75, 3.05) is 18.5 Å². The van der Waals surface area contributed by atoms with E-state index in [0.29, 0.717) is 5.56 Å². The van der Waals surface area contributed by atoms with Gasteiger partial charge in [0.05, 0.1) is 12.6 Å². The maximum atomic E-state index is 13.7. The molecule has 1 aliphatic carbocycles. The summed E-state index contributed by atoms with van der Waals surface area (Å²) in [5, 5.41) is 15.0. The SMILES string of the molecule is Cc1c(NC2CCCc3ccc(F)cc32)cccc1C(=O)NCCO. The fraction of sp³-hybridized carbons (Fsp3) is 0.350. The lowest BCUT2D eigenvalue weighted by molar-refractivity contribution is 0.0944. The second-order valence-electron chi connectivity index (χ2n) is 6.39. The number of nitrogens with one attached hydrogen (secondary N) is 2. The summed E-state index contributed by atoms with van der Waals surface area (Å²) < 4.78 is 13.7. The Morgan fingerprint density at radius 1 is 1.32 bits per heavy atom. The van der Waals surface area contributed by atoms with E-state index in [-0.39, 0.29) is 30.9 Å². The van der Waals surface area contributed by atoms with Crippen LogP contribution in [0.15, 0.2) is 36.4 Å². The fourth-order valence-electron chi connectivity index (χ4n) is 3.41. The quantitative estimate of drug-likeness (QED) is 0.781. The summed E-state index contributed by atoms with van der Waals surface area (Å²) in [5.74, 6) is -0.424. The van der Waals surface area contributed by atoms with Crippen LogP contribution in [0.3, 0.4) is 0 Å². The third-order valence-corrected chi connectivity index (χ3v) is 4.73. The highest BCUT2D eigenvalue weighted by atomic mass is 19.1. The zero-order valence-corrected chi connectivity index (χ0v) is 14.3. The number of carbonyl (C=O) groups excluding carboxylic acids is 1. The van der Waals surface area contributed by atoms with E-state index in [0.717, 1.165) is 36.1 Å². The number of aliphatic hydroxyl groups is 1. The molecular weight excluding hydrogens is 319 g/mol. The average Bonchev–Trinajstić information content (AvgIpc) is 2.62. The molecule has 1 amide bonds. The third kappa shape index (κ3) is 3.82. The lowest BCUT2D eigenvalue weighted by Gasteiger charge is -2.28. The van der Waals surface area contributed by atoms with E-state index in [4.69, 9.17) is 5.11 Å². The van der Waals surface area contributed by atoms with E-state index < -0.39 is 0 Å². The molecule has 0 heterocycles. The molecule has 0 bridgehead atoms. The van der Waals surface area contributed by atoms with Gasteiger partial charge in [-0.05, 0) is 67.1 Å². The number of amides is 1. The minimum atomic E-state index is -0.221. The van der Waals surface area contributed by atoms with Gasteiger partial charge < -0.3 is 15.7 Å². The molecule has 4 nitrogen and oxygen atoms in total. The van der Waals surface area contributed by atoms with Gasteiger partial charge in [-0.3, -0.25) is 4.79 Å². The first kappa shape index (κ1) is 17.4. The summed E-state index contributed by atoms with van der Waals surface area (Å²) in [4.78, 5) is 12.2. The number of aryl methyl sites for hydroxylation is 1. The maximum Gasteiger partial charge on any atom is 0.251 e. The summed E-state index contributed by atoms with van der Waals surface area (Å²) in [5.41, 5.74) is 4.48. The van der Waals surface area contributed by atoms with Crippen LogP contribution in [-0.4, -0.2) is 24.2 Å². The Morgan fingerprint density at radius 3 is 2.96 bits per heavy atom. The molecular formula is C20H23FN2O2. The molecule has 0 aromatic heterocycles. The van der Waals surface area contributed by atoms with Crippen molar-refractivity contribution in [2.45, 2.75) is 32.2 Å². The van der Waals surface area contributed by atoms with Crippen LogP contribution in [-0.2, 0) is 6.42 Å². The Hall–Kier alpha value is -2.40. The highest BCUT2D eigenvalue weighted by Crippen LogP contribution is 2.34. The van der Waals surface area contributed by atoms with Gasteiger partial charge in [-0.2, -0.15) is 0 Å². The highest BCUT2D eigenvalue weighted by molar-refractivity contribution is 5.97. The normalized spacial score (nSPS) is 16.2. The van der Waals surface area contributed by atoms with Crippen molar-refractivity contribution in [1.29, 1.82) is 0 Å². The monoisotopic (exact) mass is 342 g/mol. The van der Waals surface area contributed by atoms with Gasteiger partial charge in [0, 0.05) is 17.8 Å². The van der Waals surface area contributed by atoms with E-state index >= 15 is 0 Å². The number of fused-ring (bicyclic) bond motifs is 1. The molecule has 0 spiro atoms. The zero-order chi connectivity index (χ0) is 17.8. The van der Waals surface area contributed by atoms with Gasteiger partial charge in [-0.25, -0.2) is 4.39 Å². The molecule has 25 heavy (non-hydrogen) atoms. The van der Waals surface area contributed by atoms with Crippen molar-refractivity contribution >= 4 is 11.6 Å². The van der Waals surface area contributed by atoms with Crippen LogP contribution in [0.4, 0.5) is 10.1 Å².